The van der Waals surface area contributed by atoms with Crippen molar-refractivity contribution in [3.05, 3.63) is 36.0 Å². The number of para-hydroxylation sites is 1. The van der Waals surface area contributed by atoms with Gasteiger partial charge in [0, 0.05) is 11.8 Å². The smallest absolute Gasteiger partial charge is 0.340 e. The van der Waals surface area contributed by atoms with Crippen LogP contribution in [0, 0.1) is 0 Å². The molecule has 5 nitrogen and oxygen atoms in total. The second kappa shape index (κ2) is 5.46. The van der Waals surface area contributed by atoms with Crippen LogP contribution >= 0.6 is 0 Å². The number of carbonyl (C=O) groups is 1. The Morgan fingerprint density at radius 3 is 2.70 bits per heavy atom. The Balaban J connectivity index is 2.33. The van der Waals surface area contributed by atoms with E-state index in [9.17, 15) is 15.0 Å². The van der Waals surface area contributed by atoms with Gasteiger partial charge in [0.2, 0.25) is 0 Å². The van der Waals surface area contributed by atoms with Gasteiger partial charge in [-0.3, -0.25) is 4.98 Å². The standard InChI is InChI=1S/C15H17NO4/c1-15(2,19)7-8-20-12-9-16-11-6-4-3-5-10(11)13(12)14(17)18/h3-6,9,19H,7-8H2,1-2H3,(H,17,18). The zero-order valence-electron chi connectivity index (χ0n) is 11.5. The molecule has 0 spiro atoms. The lowest BCUT2D eigenvalue weighted by Gasteiger charge is -2.17. The zero-order chi connectivity index (χ0) is 14.8. The first-order valence-electron chi connectivity index (χ1n) is 6.35. The normalized spacial score (nSPS) is 11.6. The number of pyridine rings is 1. The fourth-order valence-corrected chi connectivity index (χ4v) is 1.86. The van der Waals surface area contributed by atoms with Gasteiger partial charge in [-0.1, -0.05) is 18.2 Å². The molecule has 20 heavy (non-hydrogen) atoms. The van der Waals surface area contributed by atoms with Crippen LogP contribution in [0.5, 0.6) is 5.75 Å². The molecule has 0 aliphatic rings. The van der Waals surface area contributed by atoms with Gasteiger partial charge in [-0.2, -0.15) is 0 Å². The lowest BCUT2D eigenvalue weighted by molar-refractivity contribution is 0.0548. The molecule has 1 heterocycles. The summed E-state index contributed by atoms with van der Waals surface area (Å²) >= 11 is 0. The molecule has 0 atom stereocenters. The van der Waals surface area contributed by atoms with Crippen LogP contribution in [0.3, 0.4) is 0 Å². The SMILES string of the molecule is CC(C)(O)CCOc1cnc2ccccc2c1C(=O)O. The van der Waals surface area contributed by atoms with E-state index in [-0.39, 0.29) is 17.9 Å². The van der Waals surface area contributed by atoms with Crippen LogP contribution in [0.15, 0.2) is 30.5 Å². The van der Waals surface area contributed by atoms with Crippen LogP contribution < -0.4 is 4.74 Å². The summed E-state index contributed by atoms with van der Waals surface area (Å²) in [5.41, 5.74) is -0.140. The first kappa shape index (κ1) is 14.3. The molecule has 0 radical (unpaired) electrons. The number of hydrogen-bond acceptors (Lipinski definition) is 4. The maximum absolute atomic E-state index is 11.4. The van der Waals surface area contributed by atoms with Gasteiger partial charge in [0.05, 0.1) is 23.9 Å². The monoisotopic (exact) mass is 275 g/mol. The molecule has 2 N–H and O–H groups in total. The second-order valence-corrected chi connectivity index (χ2v) is 5.23. The van der Waals surface area contributed by atoms with Gasteiger partial charge in [0.25, 0.3) is 0 Å². The molecule has 1 aromatic heterocycles. The Morgan fingerprint density at radius 2 is 2.05 bits per heavy atom. The lowest BCUT2D eigenvalue weighted by atomic mass is 10.1. The van der Waals surface area contributed by atoms with Crippen molar-refractivity contribution in [1.82, 2.24) is 4.98 Å². The summed E-state index contributed by atoms with van der Waals surface area (Å²) < 4.78 is 5.48. The van der Waals surface area contributed by atoms with E-state index >= 15 is 0 Å². The minimum Gasteiger partial charge on any atom is -0.491 e. The summed E-state index contributed by atoms with van der Waals surface area (Å²) in [7, 11) is 0. The van der Waals surface area contributed by atoms with Gasteiger partial charge in [-0.15, -0.1) is 0 Å². The number of aromatic nitrogens is 1. The Morgan fingerprint density at radius 1 is 1.35 bits per heavy atom. The van der Waals surface area contributed by atoms with E-state index in [0.717, 1.165) is 0 Å². The fourth-order valence-electron chi connectivity index (χ4n) is 1.86. The van der Waals surface area contributed by atoms with Crippen LogP contribution in [-0.2, 0) is 0 Å². The van der Waals surface area contributed by atoms with Crippen molar-refractivity contribution in [1.29, 1.82) is 0 Å². The lowest BCUT2D eigenvalue weighted by Crippen LogP contribution is -2.22. The molecular formula is C15H17NO4. The van der Waals surface area contributed by atoms with Crippen molar-refractivity contribution < 1.29 is 19.7 Å². The summed E-state index contributed by atoms with van der Waals surface area (Å²) in [5.74, 6) is -0.831. The fraction of sp³-hybridized carbons (Fsp3) is 0.333. The van der Waals surface area contributed by atoms with Crippen molar-refractivity contribution >= 4 is 16.9 Å². The first-order valence-corrected chi connectivity index (χ1v) is 6.35. The van der Waals surface area contributed by atoms with Crippen LogP contribution in [0.1, 0.15) is 30.6 Å². The second-order valence-electron chi connectivity index (χ2n) is 5.23. The maximum atomic E-state index is 11.4. The topological polar surface area (TPSA) is 79.7 Å². The molecule has 0 amide bonds. The molecular weight excluding hydrogens is 258 g/mol. The van der Waals surface area contributed by atoms with E-state index < -0.39 is 11.6 Å². The molecule has 0 saturated heterocycles. The first-order chi connectivity index (χ1) is 9.38. The molecule has 2 rings (SSSR count). The minimum absolute atomic E-state index is 0.103. The summed E-state index contributed by atoms with van der Waals surface area (Å²) in [6, 6.07) is 7.02. The predicted octanol–water partition coefficient (Wildman–Crippen LogP) is 2.47. The molecule has 0 saturated carbocycles. The number of rotatable bonds is 5. The molecule has 106 valence electrons. The van der Waals surface area contributed by atoms with Crippen molar-refractivity contribution in [3.63, 3.8) is 0 Å². The van der Waals surface area contributed by atoms with E-state index in [1.165, 1.54) is 6.20 Å². The van der Waals surface area contributed by atoms with Gasteiger partial charge in [-0.05, 0) is 19.9 Å². The number of benzene rings is 1. The number of fused-ring (bicyclic) bond motifs is 1. The number of aromatic carboxylic acids is 1. The van der Waals surface area contributed by atoms with Gasteiger partial charge in [-0.25, -0.2) is 4.79 Å². The van der Waals surface area contributed by atoms with Gasteiger partial charge in [0.1, 0.15) is 5.56 Å². The van der Waals surface area contributed by atoms with Crippen molar-refractivity contribution in [2.75, 3.05) is 6.61 Å². The Bertz CT molecular complexity index is 631. The van der Waals surface area contributed by atoms with E-state index in [2.05, 4.69) is 4.98 Å². The summed E-state index contributed by atoms with van der Waals surface area (Å²) in [5, 5.41) is 19.5. The van der Waals surface area contributed by atoms with Crippen LogP contribution in [-0.4, -0.2) is 33.4 Å². The number of aliphatic hydroxyl groups is 1. The summed E-state index contributed by atoms with van der Waals surface area (Å²) in [4.78, 5) is 15.6. The molecule has 2 aromatic rings. The van der Waals surface area contributed by atoms with E-state index in [0.29, 0.717) is 17.3 Å². The summed E-state index contributed by atoms with van der Waals surface area (Å²) in [6.07, 6.45) is 1.81. The van der Waals surface area contributed by atoms with Crippen LogP contribution in [0.4, 0.5) is 0 Å². The highest BCUT2D eigenvalue weighted by molar-refractivity contribution is 6.04. The van der Waals surface area contributed by atoms with E-state index in [4.69, 9.17) is 4.74 Å². The molecule has 0 unspecified atom stereocenters. The van der Waals surface area contributed by atoms with Gasteiger partial charge in [0.15, 0.2) is 5.75 Å². The van der Waals surface area contributed by atoms with Crippen molar-refractivity contribution in [2.45, 2.75) is 25.9 Å². The van der Waals surface area contributed by atoms with Crippen molar-refractivity contribution in [2.24, 2.45) is 0 Å². The molecule has 0 aliphatic heterocycles. The van der Waals surface area contributed by atoms with Crippen LogP contribution in [0.25, 0.3) is 10.9 Å². The average Bonchev–Trinajstić information content (AvgIpc) is 2.36. The van der Waals surface area contributed by atoms with Gasteiger partial charge >= 0.3 is 5.97 Å². The highest BCUT2D eigenvalue weighted by atomic mass is 16.5. The molecule has 0 bridgehead atoms. The largest absolute Gasteiger partial charge is 0.491 e. The highest BCUT2D eigenvalue weighted by Crippen LogP contribution is 2.26. The van der Waals surface area contributed by atoms with Crippen molar-refractivity contribution in [3.8, 4) is 5.75 Å². The third-order valence-corrected chi connectivity index (χ3v) is 2.93. The predicted molar refractivity (Wildman–Crippen MR) is 75.1 cm³/mol. The number of hydrogen-bond donors (Lipinski definition) is 2. The zero-order valence-corrected chi connectivity index (χ0v) is 11.5. The number of carboxylic acids is 1. The highest BCUT2D eigenvalue weighted by Gasteiger charge is 2.18. The Labute approximate surface area is 116 Å². The number of nitrogens with zero attached hydrogens (tertiary/aromatic N) is 1. The quantitative estimate of drug-likeness (QED) is 0.876. The van der Waals surface area contributed by atoms with Crippen LogP contribution in [0.2, 0.25) is 0 Å². The number of ether oxygens (including phenoxy) is 1. The minimum atomic E-state index is -1.05. The van der Waals surface area contributed by atoms with E-state index in [1.54, 1.807) is 38.1 Å². The maximum Gasteiger partial charge on any atom is 0.340 e. The third kappa shape index (κ3) is 3.24. The Kier molecular flexibility index (Phi) is 3.90. The number of carboxylic acid groups (broad SMARTS) is 1. The molecule has 0 aliphatic carbocycles. The molecule has 1 aromatic carbocycles. The molecule has 5 heteroatoms. The summed E-state index contributed by atoms with van der Waals surface area (Å²) in [6.45, 7) is 3.57. The van der Waals surface area contributed by atoms with Gasteiger partial charge < -0.3 is 14.9 Å². The molecule has 0 fully saturated rings. The van der Waals surface area contributed by atoms with E-state index in [1.807, 2.05) is 0 Å². The Hall–Kier alpha value is -2.14. The third-order valence-electron chi connectivity index (χ3n) is 2.93. The average molecular weight is 275 g/mol.